The Hall–Kier alpha value is -3.08. The Morgan fingerprint density at radius 1 is 1.13 bits per heavy atom. The average molecular weight is 439 g/mol. The Labute approximate surface area is 174 Å². The fraction of sp³-hybridized carbons (Fsp3) is 0.350. The number of nitrogens with one attached hydrogen (secondary N) is 1. The zero-order valence-corrected chi connectivity index (χ0v) is 16.1. The Balaban J connectivity index is 1.65. The summed E-state index contributed by atoms with van der Waals surface area (Å²) in [7, 11) is 0. The van der Waals surface area contributed by atoms with Crippen molar-refractivity contribution in [3.05, 3.63) is 53.7 Å². The van der Waals surface area contributed by atoms with Gasteiger partial charge in [0.25, 0.3) is 6.43 Å². The number of pyridine rings is 1. The van der Waals surface area contributed by atoms with Gasteiger partial charge in [0.05, 0.1) is 24.1 Å². The molecule has 1 atom stereocenters. The molecule has 1 fully saturated rings. The third kappa shape index (κ3) is 4.66. The van der Waals surface area contributed by atoms with Gasteiger partial charge in [0, 0.05) is 19.3 Å². The van der Waals surface area contributed by atoms with Crippen LogP contribution in [0.15, 0.2) is 42.6 Å². The number of aromatic nitrogens is 3. The lowest BCUT2D eigenvalue weighted by Gasteiger charge is -2.32. The number of nitrogens with zero attached hydrogens (tertiary/aromatic N) is 4. The first kappa shape index (κ1) is 21.2. The summed E-state index contributed by atoms with van der Waals surface area (Å²) in [5.74, 6) is 0.428. The molecule has 0 aliphatic carbocycles. The number of hydrogen-bond acceptors (Lipinski definition) is 6. The van der Waals surface area contributed by atoms with E-state index in [1.807, 2.05) is 0 Å². The van der Waals surface area contributed by atoms with Crippen molar-refractivity contribution in [1.82, 2.24) is 15.0 Å². The smallest absolute Gasteiger partial charge is 0.369 e. The average Bonchev–Trinajstić information content (AvgIpc) is 2.77. The van der Waals surface area contributed by atoms with Gasteiger partial charge in [0.15, 0.2) is 5.65 Å². The lowest BCUT2D eigenvalue weighted by molar-refractivity contribution is -0.138. The maximum atomic E-state index is 13.3. The van der Waals surface area contributed by atoms with Crippen molar-refractivity contribution >= 4 is 22.8 Å². The second-order valence-corrected chi connectivity index (χ2v) is 6.94. The first-order chi connectivity index (χ1) is 14.8. The Morgan fingerprint density at radius 2 is 1.94 bits per heavy atom. The van der Waals surface area contributed by atoms with Crippen LogP contribution < -0.4 is 10.2 Å². The first-order valence-corrected chi connectivity index (χ1v) is 9.49. The molecule has 1 unspecified atom stereocenters. The molecule has 6 nitrogen and oxygen atoms in total. The highest BCUT2D eigenvalue weighted by Crippen LogP contribution is 2.32. The summed E-state index contributed by atoms with van der Waals surface area (Å²) in [5.41, 5.74) is -0.386. The zero-order valence-electron chi connectivity index (χ0n) is 16.1. The quantitative estimate of drug-likeness (QED) is 0.604. The molecule has 0 bridgehead atoms. The van der Waals surface area contributed by atoms with Crippen molar-refractivity contribution in [3.8, 4) is 0 Å². The normalized spacial score (nSPS) is 17.4. The molecule has 1 saturated heterocycles. The van der Waals surface area contributed by atoms with Gasteiger partial charge in [0.1, 0.15) is 11.9 Å². The molecule has 0 radical (unpaired) electrons. The van der Waals surface area contributed by atoms with Crippen LogP contribution in [0.1, 0.15) is 11.1 Å². The van der Waals surface area contributed by atoms with Crippen molar-refractivity contribution in [2.75, 3.05) is 29.9 Å². The lowest BCUT2D eigenvalue weighted by Crippen LogP contribution is -2.46. The minimum Gasteiger partial charge on any atom is -0.369 e. The van der Waals surface area contributed by atoms with Gasteiger partial charge in [-0.1, -0.05) is 18.2 Å². The van der Waals surface area contributed by atoms with Crippen LogP contribution in [-0.2, 0) is 17.5 Å². The van der Waals surface area contributed by atoms with Crippen molar-refractivity contribution in [2.45, 2.75) is 25.3 Å². The highest BCUT2D eigenvalue weighted by molar-refractivity contribution is 5.87. The number of rotatable bonds is 5. The lowest BCUT2D eigenvalue weighted by atomic mass is 10.1. The summed E-state index contributed by atoms with van der Waals surface area (Å²) in [5, 5.41) is 3.44. The molecule has 1 N–H and O–H groups in total. The summed E-state index contributed by atoms with van der Waals surface area (Å²) in [4.78, 5) is 14.5. The molecular formula is C20H18F5N5O. The number of anilines is 2. The Kier molecular flexibility index (Phi) is 5.86. The molecule has 1 aliphatic rings. The fourth-order valence-electron chi connectivity index (χ4n) is 3.37. The number of fused-ring (bicyclic) bond motifs is 1. The van der Waals surface area contributed by atoms with E-state index in [-0.39, 0.29) is 37.0 Å². The van der Waals surface area contributed by atoms with Gasteiger partial charge in [0.2, 0.25) is 5.95 Å². The Morgan fingerprint density at radius 3 is 2.71 bits per heavy atom. The molecule has 3 aromatic rings. The van der Waals surface area contributed by atoms with E-state index in [9.17, 15) is 22.0 Å². The van der Waals surface area contributed by atoms with Gasteiger partial charge < -0.3 is 15.0 Å². The number of benzene rings is 1. The maximum Gasteiger partial charge on any atom is 0.416 e. The number of hydrogen-bond donors (Lipinski definition) is 1. The van der Waals surface area contributed by atoms with Crippen molar-refractivity contribution in [1.29, 1.82) is 0 Å². The molecule has 164 valence electrons. The van der Waals surface area contributed by atoms with Crippen LogP contribution in [0.3, 0.4) is 0 Å². The van der Waals surface area contributed by atoms with Gasteiger partial charge in [-0.25, -0.2) is 13.8 Å². The monoisotopic (exact) mass is 439 g/mol. The van der Waals surface area contributed by atoms with E-state index in [1.54, 1.807) is 17.0 Å². The number of alkyl halides is 5. The molecule has 2 aromatic heterocycles. The SMILES string of the molecule is FC(F)C1CN(c2nc(NCc3ccccc3C(F)(F)F)c3cccnc3n2)CCO1. The van der Waals surface area contributed by atoms with E-state index in [0.717, 1.165) is 6.07 Å². The van der Waals surface area contributed by atoms with E-state index >= 15 is 0 Å². The second kappa shape index (κ2) is 8.58. The number of morpholine rings is 1. The molecule has 0 amide bonds. The van der Waals surface area contributed by atoms with Gasteiger partial charge in [-0.2, -0.15) is 23.1 Å². The van der Waals surface area contributed by atoms with Crippen LogP contribution in [-0.4, -0.2) is 47.2 Å². The van der Waals surface area contributed by atoms with E-state index in [4.69, 9.17) is 4.74 Å². The van der Waals surface area contributed by atoms with Crippen molar-refractivity contribution in [2.24, 2.45) is 0 Å². The van der Waals surface area contributed by atoms with Gasteiger partial charge in [-0.05, 0) is 23.8 Å². The largest absolute Gasteiger partial charge is 0.416 e. The van der Waals surface area contributed by atoms with Crippen LogP contribution in [0, 0.1) is 0 Å². The summed E-state index contributed by atoms with van der Waals surface area (Å²) in [6.45, 7) is 0.142. The highest BCUT2D eigenvalue weighted by Gasteiger charge is 2.33. The molecule has 31 heavy (non-hydrogen) atoms. The molecule has 4 rings (SSSR count). The van der Waals surface area contributed by atoms with Gasteiger partial charge >= 0.3 is 6.18 Å². The zero-order chi connectivity index (χ0) is 22.0. The van der Waals surface area contributed by atoms with Crippen LogP contribution in [0.4, 0.5) is 33.7 Å². The van der Waals surface area contributed by atoms with E-state index in [1.165, 1.54) is 24.4 Å². The van der Waals surface area contributed by atoms with Crippen molar-refractivity contribution in [3.63, 3.8) is 0 Å². The van der Waals surface area contributed by atoms with Crippen LogP contribution in [0.25, 0.3) is 11.0 Å². The third-order valence-corrected chi connectivity index (χ3v) is 4.89. The number of halogens is 5. The molecular weight excluding hydrogens is 421 g/mol. The summed E-state index contributed by atoms with van der Waals surface area (Å²) < 4.78 is 71.1. The van der Waals surface area contributed by atoms with Crippen molar-refractivity contribution < 1.29 is 26.7 Å². The van der Waals surface area contributed by atoms with E-state index < -0.39 is 24.3 Å². The Bertz CT molecular complexity index is 1060. The molecule has 1 aromatic carbocycles. The second-order valence-electron chi connectivity index (χ2n) is 6.94. The van der Waals surface area contributed by atoms with E-state index in [2.05, 4.69) is 20.3 Å². The van der Waals surface area contributed by atoms with Crippen LogP contribution >= 0.6 is 0 Å². The molecule has 3 heterocycles. The minimum atomic E-state index is -4.49. The fourth-order valence-corrected chi connectivity index (χ4v) is 3.37. The minimum absolute atomic E-state index is 0.0522. The van der Waals surface area contributed by atoms with Gasteiger partial charge in [-0.15, -0.1) is 0 Å². The maximum absolute atomic E-state index is 13.3. The van der Waals surface area contributed by atoms with E-state index in [0.29, 0.717) is 17.6 Å². The molecule has 1 aliphatic heterocycles. The third-order valence-electron chi connectivity index (χ3n) is 4.89. The van der Waals surface area contributed by atoms with Gasteiger partial charge in [-0.3, -0.25) is 0 Å². The van der Waals surface area contributed by atoms with Crippen LogP contribution in [0.5, 0.6) is 0 Å². The molecule has 0 saturated carbocycles. The predicted molar refractivity (Wildman–Crippen MR) is 104 cm³/mol. The highest BCUT2D eigenvalue weighted by atomic mass is 19.4. The first-order valence-electron chi connectivity index (χ1n) is 9.49. The summed E-state index contributed by atoms with van der Waals surface area (Å²) in [6, 6.07) is 8.59. The standard InChI is InChI=1S/C20H18F5N5O/c21-16(22)15-11-30(8-9-31-15)19-28-17-13(5-3-7-26-17)18(29-19)27-10-12-4-1-2-6-14(12)20(23,24)25/h1-7,15-16H,8-11H2,(H,26,27,28,29). The molecule has 11 heteroatoms. The summed E-state index contributed by atoms with van der Waals surface area (Å²) in [6.07, 6.45) is -6.90. The summed E-state index contributed by atoms with van der Waals surface area (Å²) >= 11 is 0. The predicted octanol–water partition coefficient (Wildman–Crippen LogP) is 4.13. The van der Waals surface area contributed by atoms with Crippen LogP contribution in [0.2, 0.25) is 0 Å². The number of ether oxygens (including phenoxy) is 1. The topological polar surface area (TPSA) is 63.2 Å². The molecule has 0 spiro atoms.